The van der Waals surface area contributed by atoms with E-state index in [-0.39, 0.29) is 18.0 Å². The summed E-state index contributed by atoms with van der Waals surface area (Å²) in [6.07, 6.45) is 0. The van der Waals surface area contributed by atoms with Gasteiger partial charge in [-0.2, -0.15) is 4.98 Å². The second-order valence-electron chi connectivity index (χ2n) is 8.36. The zero-order valence-corrected chi connectivity index (χ0v) is 21.0. The van der Waals surface area contributed by atoms with E-state index in [0.717, 1.165) is 16.7 Å². The van der Waals surface area contributed by atoms with Crippen molar-refractivity contribution < 1.29 is 0 Å². The van der Waals surface area contributed by atoms with Gasteiger partial charge < -0.3 is 9.47 Å². The van der Waals surface area contributed by atoms with Gasteiger partial charge in [0, 0.05) is 40.3 Å². The number of fused-ring (bicyclic) bond motifs is 3. The van der Waals surface area contributed by atoms with Crippen molar-refractivity contribution in [1.82, 2.24) is 18.7 Å². The predicted octanol–water partition coefficient (Wildman–Crippen LogP) is 4.80. The van der Waals surface area contributed by atoms with E-state index in [1.807, 2.05) is 28.8 Å². The number of aromatic nitrogens is 4. The zero-order valence-electron chi connectivity index (χ0n) is 17.9. The number of anilines is 2. The minimum atomic E-state index is -0.447. The van der Waals surface area contributed by atoms with E-state index >= 15 is 0 Å². The lowest BCUT2D eigenvalue weighted by atomic mass is 10.1. The van der Waals surface area contributed by atoms with Crippen LogP contribution in [0.2, 0.25) is 10.0 Å². The quantitative estimate of drug-likeness (QED) is 0.369. The summed E-state index contributed by atoms with van der Waals surface area (Å²) >= 11 is 15.8. The maximum atomic E-state index is 13.6. The molecule has 10 heteroatoms. The molecule has 4 aromatic rings. The van der Waals surface area contributed by atoms with Crippen LogP contribution in [0.1, 0.15) is 12.5 Å². The molecular weight excluding hydrogens is 529 g/mol. The fourth-order valence-corrected chi connectivity index (χ4v) is 5.04. The molecule has 0 aliphatic carbocycles. The number of hydrogen-bond acceptors (Lipinski definition) is 4. The molecule has 0 bridgehead atoms. The highest BCUT2D eigenvalue weighted by Crippen LogP contribution is 2.33. The van der Waals surface area contributed by atoms with Crippen molar-refractivity contribution in [2.24, 2.45) is 13.0 Å². The third kappa shape index (κ3) is 3.80. The summed E-state index contributed by atoms with van der Waals surface area (Å²) in [7, 11) is 1.64. The lowest BCUT2D eigenvalue weighted by molar-refractivity contribution is 0.458. The fourth-order valence-electron chi connectivity index (χ4n) is 4.30. The van der Waals surface area contributed by atoms with E-state index in [1.54, 1.807) is 25.2 Å². The molecule has 0 radical (unpaired) electrons. The van der Waals surface area contributed by atoms with E-state index in [4.69, 9.17) is 28.2 Å². The highest BCUT2D eigenvalue weighted by Gasteiger charge is 2.30. The molecular formula is C23H20BrCl2N5O2. The fraction of sp³-hybridized carbons (Fsp3) is 0.261. The predicted molar refractivity (Wildman–Crippen MR) is 135 cm³/mol. The van der Waals surface area contributed by atoms with Crippen LogP contribution in [0, 0.1) is 5.92 Å². The van der Waals surface area contributed by atoms with Gasteiger partial charge in [0.1, 0.15) is 0 Å². The van der Waals surface area contributed by atoms with Gasteiger partial charge in [-0.25, -0.2) is 4.79 Å². The van der Waals surface area contributed by atoms with Gasteiger partial charge in [0.25, 0.3) is 5.56 Å². The van der Waals surface area contributed by atoms with Crippen molar-refractivity contribution in [1.29, 1.82) is 0 Å². The third-order valence-corrected chi connectivity index (χ3v) is 7.04. The summed E-state index contributed by atoms with van der Waals surface area (Å²) in [6.45, 7) is 3.57. The second-order valence-corrected chi connectivity index (χ2v) is 10.1. The number of benzene rings is 2. The Morgan fingerprint density at radius 2 is 1.82 bits per heavy atom. The molecule has 2 aromatic carbocycles. The van der Waals surface area contributed by atoms with Crippen LogP contribution >= 0.6 is 39.1 Å². The second kappa shape index (κ2) is 8.34. The summed E-state index contributed by atoms with van der Waals surface area (Å²) in [6, 6.07) is 13.0. The molecule has 3 heterocycles. The average molecular weight is 549 g/mol. The topological polar surface area (TPSA) is 65.1 Å². The molecule has 1 atom stereocenters. The van der Waals surface area contributed by atoms with Crippen molar-refractivity contribution in [3.63, 3.8) is 0 Å². The number of hydrogen-bond donors (Lipinski definition) is 0. The van der Waals surface area contributed by atoms with Crippen LogP contribution in [0.3, 0.4) is 0 Å². The van der Waals surface area contributed by atoms with Crippen LogP contribution in [0.25, 0.3) is 11.2 Å². The Kier molecular flexibility index (Phi) is 5.63. The van der Waals surface area contributed by atoms with Gasteiger partial charge >= 0.3 is 5.69 Å². The Bertz CT molecular complexity index is 1510. The van der Waals surface area contributed by atoms with Crippen LogP contribution in [0.5, 0.6) is 0 Å². The van der Waals surface area contributed by atoms with Crippen LogP contribution < -0.4 is 16.1 Å². The number of imidazole rings is 1. The summed E-state index contributed by atoms with van der Waals surface area (Å²) < 4.78 is 5.54. The van der Waals surface area contributed by atoms with E-state index < -0.39 is 5.69 Å². The molecule has 0 N–H and O–H groups in total. The number of nitrogens with zero attached hydrogens (tertiary/aromatic N) is 5. The van der Waals surface area contributed by atoms with Gasteiger partial charge in [-0.15, -0.1) is 0 Å². The van der Waals surface area contributed by atoms with Crippen molar-refractivity contribution >= 4 is 61.9 Å². The first-order chi connectivity index (χ1) is 15.7. The first kappa shape index (κ1) is 22.3. The number of aryl methyl sites for hydroxylation is 1. The monoisotopic (exact) mass is 547 g/mol. The minimum absolute atomic E-state index is 0.0456. The van der Waals surface area contributed by atoms with Crippen LogP contribution in [0.15, 0.2) is 56.5 Å². The molecule has 7 nitrogen and oxygen atoms in total. The lowest BCUT2D eigenvalue weighted by Crippen LogP contribution is -2.40. The summed E-state index contributed by atoms with van der Waals surface area (Å²) in [5, 5.41) is 0.897. The molecule has 0 amide bonds. The van der Waals surface area contributed by atoms with Crippen LogP contribution in [-0.4, -0.2) is 25.2 Å². The van der Waals surface area contributed by atoms with Gasteiger partial charge in [0.2, 0.25) is 5.95 Å². The maximum absolute atomic E-state index is 13.6. The molecule has 33 heavy (non-hydrogen) atoms. The Hall–Kier alpha value is -2.55. The molecule has 1 aliphatic heterocycles. The van der Waals surface area contributed by atoms with E-state index in [0.29, 0.717) is 39.3 Å². The van der Waals surface area contributed by atoms with Crippen LogP contribution in [0.4, 0.5) is 11.6 Å². The van der Waals surface area contributed by atoms with Crippen LogP contribution in [-0.2, 0) is 20.1 Å². The highest BCUT2D eigenvalue weighted by molar-refractivity contribution is 9.10. The molecule has 0 unspecified atom stereocenters. The molecule has 0 spiro atoms. The largest absolute Gasteiger partial charge is 0.332 e. The number of halogens is 3. The van der Waals surface area contributed by atoms with Gasteiger partial charge in [-0.3, -0.25) is 13.9 Å². The first-order valence-electron chi connectivity index (χ1n) is 10.4. The van der Waals surface area contributed by atoms with Crippen molar-refractivity contribution in [2.45, 2.75) is 20.0 Å². The molecule has 5 rings (SSSR count). The third-order valence-electron chi connectivity index (χ3n) is 5.92. The standard InChI is InChI=1S/C23H20BrCl2N5O2/c1-13-10-29(17-7-4-15(24)5-8-17)22-27-20-19(30(22)11-13)21(32)31(23(33)28(20)2)12-14-3-6-16(25)9-18(14)26/h3-9,13H,10-12H2,1-2H3/t13-/m1/s1. The Morgan fingerprint density at radius 1 is 1.09 bits per heavy atom. The smallest absolute Gasteiger partial charge is 0.312 e. The van der Waals surface area contributed by atoms with Crippen molar-refractivity contribution in [2.75, 3.05) is 11.4 Å². The summed E-state index contributed by atoms with van der Waals surface area (Å²) in [5.41, 5.74) is 1.56. The summed E-state index contributed by atoms with van der Waals surface area (Å²) in [4.78, 5) is 33.6. The highest BCUT2D eigenvalue weighted by atomic mass is 79.9. The molecule has 2 aromatic heterocycles. The Morgan fingerprint density at radius 3 is 2.52 bits per heavy atom. The summed E-state index contributed by atoms with van der Waals surface area (Å²) in [5.74, 6) is 0.925. The van der Waals surface area contributed by atoms with Gasteiger partial charge in [-0.1, -0.05) is 52.1 Å². The SMILES string of the molecule is C[C@@H]1CN(c2ccc(Br)cc2)c2nc3c(c(=O)n(Cc4ccc(Cl)cc4Cl)c(=O)n3C)n2C1. The maximum Gasteiger partial charge on any atom is 0.332 e. The molecule has 170 valence electrons. The van der Waals surface area contributed by atoms with Gasteiger partial charge in [-0.05, 0) is 47.9 Å². The van der Waals surface area contributed by atoms with E-state index in [1.165, 1.54) is 9.13 Å². The normalized spacial score (nSPS) is 15.8. The number of rotatable bonds is 3. The Labute approximate surface area is 207 Å². The molecule has 0 fully saturated rings. The van der Waals surface area contributed by atoms with Crippen molar-refractivity contribution in [3.8, 4) is 0 Å². The molecule has 0 saturated heterocycles. The van der Waals surface area contributed by atoms with E-state index in [9.17, 15) is 9.59 Å². The first-order valence-corrected chi connectivity index (χ1v) is 12.0. The minimum Gasteiger partial charge on any atom is -0.312 e. The average Bonchev–Trinajstić information content (AvgIpc) is 3.16. The molecule has 0 saturated carbocycles. The van der Waals surface area contributed by atoms with E-state index in [2.05, 4.69) is 27.8 Å². The zero-order chi connectivity index (χ0) is 23.4. The molecule has 1 aliphatic rings. The Balaban J connectivity index is 1.71. The van der Waals surface area contributed by atoms with Gasteiger partial charge in [0.15, 0.2) is 11.2 Å². The van der Waals surface area contributed by atoms with Crippen molar-refractivity contribution in [3.05, 3.63) is 83.4 Å². The lowest BCUT2D eigenvalue weighted by Gasteiger charge is -2.33. The van der Waals surface area contributed by atoms with Gasteiger partial charge in [0.05, 0.1) is 6.54 Å².